The summed E-state index contributed by atoms with van der Waals surface area (Å²) in [7, 11) is 0. The Balaban J connectivity index is 1.58. The van der Waals surface area contributed by atoms with Gasteiger partial charge in [0.15, 0.2) is 0 Å². The van der Waals surface area contributed by atoms with Crippen LogP contribution in [0.3, 0.4) is 0 Å². The van der Waals surface area contributed by atoms with Crippen LogP contribution in [0.1, 0.15) is 16.8 Å². The number of carbonyl (C=O) groups is 2. The second kappa shape index (κ2) is 9.72. The number of hydrogen-bond acceptors (Lipinski definition) is 4. The Morgan fingerprint density at radius 3 is 2.38 bits per heavy atom. The number of amides is 1. The van der Waals surface area contributed by atoms with Gasteiger partial charge in [-0.15, -0.1) is 0 Å². The van der Waals surface area contributed by atoms with Crippen LogP contribution in [0, 0.1) is 0 Å². The molecule has 5 nitrogen and oxygen atoms in total. The Hall–Kier alpha value is -2.34. The Morgan fingerprint density at radius 2 is 1.67 bits per heavy atom. The molecule has 2 rings (SSSR count). The number of halogens is 1. The summed E-state index contributed by atoms with van der Waals surface area (Å²) in [6.45, 7) is 0.697. The summed E-state index contributed by atoms with van der Waals surface area (Å²) in [5, 5.41) is 2.68. The van der Waals surface area contributed by atoms with Gasteiger partial charge in [0.2, 0.25) is 0 Å². The molecule has 0 radical (unpaired) electrons. The zero-order valence-electron chi connectivity index (χ0n) is 13.0. The van der Waals surface area contributed by atoms with Crippen LogP contribution in [0.15, 0.2) is 59.1 Å². The number of esters is 1. The third kappa shape index (κ3) is 6.42. The molecule has 1 amide bonds. The van der Waals surface area contributed by atoms with Crippen molar-refractivity contribution in [2.24, 2.45) is 0 Å². The van der Waals surface area contributed by atoms with Crippen molar-refractivity contribution in [1.29, 1.82) is 0 Å². The van der Waals surface area contributed by atoms with E-state index in [2.05, 4.69) is 21.2 Å². The fourth-order valence-corrected chi connectivity index (χ4v) is 2.15. The van der Waals surface area contributed by atoms with E-state index in [1.807, 2.05) is 30.3 Å². The minimum atomic E-state index is -0.372. The van der Waals surface area contributed by atoms with Crippen LogP contribution in [0.25, 0.3) is 0 Å². The third-order valence-electron chi connectivity index (χ3n) is 3.08. The highest BCUT2D eigenvalue weighted by molar-refractivity contribution is 9.10. The van der Waals surface area contributed by atoms with Crippen molar-refractivity contribution in [2.45, 2.75) is 6.42 Å². The number of rotatable bonds is 8. The van der Waals surface area contributed by atoms with E-state index in [4.69, 9.17) is 9.47 Å². The van der Waals surface area contributed by atoms with E-state index >= 15 is 0 Å². The van der Waals surface area contributed by atoms with Crippen LogP contribution in [-0.2, 0) is 9.53 Å². The molecule has 0 aromatic heterocycles. The molecule has 0 heterocycles. The SMILES string of the molecule is O=C(CCNC(=O)c1ccc(Br)cc1)OCCOc1ccccc1. The molecule has 0 atom stereocenters. The molecule has 0 aliphatic heterocycles. The first-order valence-corrected chi connectivity index (χ1v) is 8.31. The van der Waals surface area contributed by atoms with Crippen LogP contribution in [0.5, 0.6) is 5.75 Å². The van der Waals surface area contributed by atoms with Gasteiger partial charge in [0, 0.05) is 16.6 Å². The van der Waals surface area contributed by atoms with Gasteiger partial charge < -0.3 is 14.8 Å². The molecule has 24 heavy (non-hydrogen) atoms. The van der Waals surface area contributed by atoms with Crippen LogP contribution in [0.2, 0.25) is 0 Å². The van der Waals surface area contributed by atoms with E-state index in [1.54, 1.807) is 24.3 Å². The molecule has 0 aliphatic rings. The van der Waals surface area contributed by atoms with Gasteiger partial charge >= 0.3 is 5.97 Å². The average molecular weight is 392 g/mol. The highest BCUT2D eigenvalue weighted by atomic mass is 79.9. The summed E-state index contributed by atoms with van der Waals surface area (Å²) in [4.78, 5) is 23.4. The van der Waals surface area contributed by atoms with Gasteiger partial charge in [-0.3, -0.25) is 9.59 Å². The monoisotopic (exact) mass is 391 g/mol. The molecule has 6 heteroatoms. The van der Waals surface area contributed by atoms with Gasteiger partial charge in [-0.25, -0.2) is 0 Å². The Kier molecular flexibility index (Phi) is 7.29. The minimum Gasteiger partial charge on any atom is -0.490 e. The standard InChI is InChI=1S/C18H18BrNO4/c19-15-8-6-14(7-9-15)18(22)20-11-10-17(21)24-13-12-23-16-4-2-1-3-5-16/h1-9H,10-13H2,(H,20,22). The lowest BCUT2D eigenvalue weighted by molar-refractivity contribution is -0.144. The summed E-state index contributed by atoms with van der Waals surface area (Å²) < 4.78 is 11.4. The van der Waals surface area contributed by atoms with Crippen LogP contribution >= 0.6 is 15.9 Å². The predicted octanol–water partition coefficient (Wildman–Crippen LogP) is 3.19. The van der Waals surface area contributed by atoms with Crippen molar-refractivity contribution >= 4 is 27.8 Å². The second-order valence-electron chi connectivity index (χ2n) is 4.89. The molecule has 1 N–H and O–H groups in total. The van der Waals surface area contributed by atoms with E-state index in [0.717, 1.165) is 10.2 Å². The first kappa shape index (κ1) is 18.0. The number of hydrogen-bond donors (Lipinski definition) is 1. The number of carbonyl (C=O) groups excluding carboxylic acids is 2. The van der Waals surface area contributed by atoms with E-state index in [9.17, 15) is 9.59 Å². The molecule has 126 valence electrons. The van der Waals surface area contributed by atoms with Gasteiger partial charge in [0.25, 0.3) is 5.91 Å². The maximum atomic E-state index is 11.9. The molecule has 2 aromatic carbocycles. The summed E-state index contributed by atoms with van der Waals surface area (Å²) >= 11 is 3.31. The van der Waals surface area contributed by atoms with Crippen LogP contribution in [-0.4, -0.2) is 31.6 Å². The van der Waals surface area contributed by atoms with Gasteiger partial charge in [-0.05, 0) is 36.4 Å². The zero-order valence-corrected chi connectivity index (χ0v) is 14.6. The van der Waals surface area contributed by atoms with E-state index in [0.29, 0.717) is 12.2 Å². The summed E-state index contributed by atoms with van der Waals surface area (Å²) in [5.74, 6) is 0.140. The maximum Gasteiger partial charge on any atom is 0.307 e. The van der Waals surface area contributed by atoms with E-state index < -0.39 is 0 Å². The first-order chi connectivity index (χ1) is 11.6. The van der Waals surface area contributed by atoms with Crippen molar-refractivity contribution in [1.82, 2.24) is 5.32 Å². The predicted molar refractivity (Wildman–Crippen MR) is 94.0 cm³/mol. The van der Waals surface area contributed by atoms with Crippen molar-refractivity contribution < 1.29 is 19.1 Å². The number of ether oxygens (including phenoxy) is 2. The lowest BCUT2D eigenvalue weighted by atomic mass is 10.2. The second-order valence-corrected chi connectivity index (χ2v) is 5.81. The molecular formula is C18H18BrNO4. The smallest absolute Gasteiger partial charge is 0.307 e. The Labute approximate surface area is 149 Å². The third-order valence-corrected chi connectivity index (χ3v) is 3.61. The van der Waals surface area contributed by atoms with Gasteiger partial charge in [-0.2, -0.15) is 0 Å². The average Bonchev–Trinajstić information content (AvgIpc) is 2.60. The largest absolute Gasteiger partial charge is 0.490 e. The lowest BCUT2D eigenvalue weighted by Gasteiger charge is -2.08. The van der Waals surface area contributed by atoms with Gasteiger partial charge in [0.05, 0.1) is 6.42 Å². The van der Waals surface area contributed by atoms with E-state index in [-0.39, 0.29) is 31.4 Å². The first-order valence-electron chi connectivity index (χ1n) is 7.52. The lowest BCUT2D eigenvalue weighted by Crippen LogP contribution is -2.26. The van der Waals surface area contributed by atoms with Gasteiger partial charge in [0.1, 0.15) is 19.0 Å². The van der Waals surface area contributed by atoms with E-state index in [1.165, 1.54) is 0 Å². The molecular weight excluding hydrogens is 374 g/mol. The van der Waals surface area contributed by atoms with Crippen molar-refractivity contribution in [3.8, 4) is 5.75 Å². The molecule has 0 saturated heterocycles. The summed E-state index contributed by atoms with van der Waals surface area (Å²) in [6.07, 6.45) is 0.119. The number of benzene rings is 2. The Morgan fingerprint density at radius 1 is 0.958 bits per heavy atom. The van der Waals surface area contributed by atoms with Gasteiger partial charge in [-0.1, -0.05) is 34.1 Å². The summed E-state index contributed by atoms with van der Waals surface area (Å²) in [5.41, 5.74) is 0.544. The van der Waals surface area contributed by atoms with Crippen LogP contribution < -0.4 is 10.1 Å². The normalized spacial score (nSPS) is 10.0. The zero-order chi connectivity index (χ0) is 17.2. The topological polar surface area (TPSA) is 64.6 Å². The molecule has 0 spiro atoms. The van der Waals surface area contributed by atoms with Crippen molar-refractivity contribution in [2.75, 3.05) is 19.8 Å². The van der Waals surface area contributed by atoms with Crippen molar-refractivity contribution in [3.05, 3.63) is 64.6 Å². The molecule has 0 unspecified atom stereocenters. The summed E-state index contributed by atoms with van der Waals surface area (Å²) in [6, 6.07) is 16.3. The quantitative estimate of drug-likeness (QED) is 0.554. The highest BCUT2D eigenvalue weighted by Gasteiger charge is 2.07. The molecule has 0 fully saturated rings. The Bertz CT molecular complexity index is 658. The maximum absolute atomic E-state index is 11.9. The minimum absolute atomic E-state index is 0.119. The van der Waals surface area contributed by atoms with Crippen molar-refractivity contribution in [3.63, 3.8) is 0 Å². The molecule has 0 bridgehead atoms. The molecule has 2 aromatic rings. The van der Waals surface area contributed by atoms with Crippen LogP contribution in [0.4, 0.5) is 0 Å². The fraction of sp³-hybridized carbons (Fsp3) is 0.222. The number of para-hydroxylation sites is 1. The molecule has 0 aliphatic carbocycles. The number of nitrogens with one attached hydrogen (secondary N) is 1. The highest BCUT2D eigenvalue weighted by Crippen LogP contribution is 2.10. The fourth-order valence-electron chi connectivity index (χ4n) is 1.89. The molecule has 0 saturated carbocycles.